The highest BCUT2D eigenvalue weighted by atomic mass is 16.6. The third-order valence-electron chi connectivity index (χ3n) is 1.77. The van der Waals surface area contributed by atoms with E-state index in [2.05, 4.69) is 0 Å². The molecule has 0 saturated carbocycles. The fourth-order valence-electron chi connectivity index (χ4n) is 1.15. The molecule has 3 heteroatoms. The second-order valence-electron chi connectivity index (χ2n) is 4.38. The Hall–Kier alpha value is -1.35. The Balaban J connectivity index is 2.82. The second kappa shape index (κ2) is 4.45. The number of rotatable bonds is 2. The molecule has 0 bridgehead atoms. The van der Waals surface area contributed by atoms with Crippen molar-refractivity contribution in [3.63, 3.8) is 0 Å². The number of nitrogens with one attached hydrogen (secondary N) is 1. The van der Waals surface area contributed by atoms with Gasteiger partial charge in [0.2, 0.25) is 0 Å². The van der Waals surface area contributed by atoms with Crippen molar-refractivity contribution in [1.29, 1.82) is 0 Å². The SMILES string of the molecule is CC(C)(C)OC(=O)c1cccc(C[NH])c1. The molecule has 0 saturated heterocycles. The zero-order valence-electron chi connectivity index (χ0n) is 9.33. The first kappa shape index (κ1) is 11.7. The number of carbonyl (C=O) groups is 1. The van der Waals surface area contributed by atoms with Gasteiger partial charge in [0, 0.05) is 6.54 Å². The topological polar surface area (TPSA) is 50.1 Å². The number of ether oxygens (including phenoxy) is 1. The van der Waals surface area contributed by atoms with E-state index in [0.29, 0.717) is 5.56 Å². The summed E-state index contributed by atoms with van der Waals surface area (Å²) in [5.74, 6) is -0.335. The van der Waals surface area contributed by atoms with Crippen LogP contribution in [0.25, 0.3) is 0 Å². The summed E-state index contributed by atoms with van der Waals surface area (Å²) in [6.45, 7) is 5.67. The Morgan fingerprint density at radius 1 is 1.40 bits per heavy atom. The van der Waals surface area contributed by atoms with E-state index < -0.39 is 5.60 Å². The van der Waals surface area contributed by atoms with Crippen LogP contribution in [0.2, 0.25) is 0 Å². The summed E-state index contributed by atoms with van der Waals surface area (Å²) in [5.41, 5.74) is 8.06. The lowest BCUT2D eigenvalue weighted by atomic mass is 10.1. The lowest BCUT2D eigenvalue weighted by molar-refractivity contribution is 0.00694. The van der Waals surface area contributed by atoms with E-state index in [1.807, 2.05) is 26.8 Å². The van der Waals surface area contributed by atoms with Gasteiger partial charge in [-0.05, 0) is 38.5 Å². The van der Waals surface area contributed by atoms with Crippen molar-refractivity contribution < 1.29 is 9.53 Å². The molecule has 0 aromatic heterocycles. The Kier molecular flexibility index (Phi) is 3.48. The van der Waals surface area contributed by atoms with Gasteiger partial charge in [-0.15, -0.1) is 0 Å². The van der Waals surface area contributed by atoms with Crippen LogP contribution in [0.5, 0.6) is 0 Å². The lowest BCUT2D eigenvalue weighted by Gasteiger charge is -2.19. The third kappa shape index (κ3) is 3.72. The minimum Gasteiger partial charge on any atom is -0.456 e. The van der Waals surface area contributed by atoms with Crippen molar-refractivity contribution in [2.24, 2.45) is 0 Å². The first-order valence-corrected chi connectivity index (χ1v) is 4.89. The maximum atomic E-state index is 11.6. The van der Waals surface area contributed by atoms with Gasteiger partial charge in [0.15, 0.2) is 0 Å². The highest BCUT2D eigenvalue weighted by Crippen LogP contribution is 2.13. The monoisotopic (exact) mass is 206 g/mol. The maximum Gasteiger partial charge on any atom is 0.338 e. The molecule has 1 radical (unpaired) electrons. The first-order valence-electron chi connectivity index (χ1n) is 4.89. The van der Waals surface area contributed by atoms with Crippen molar-refractivity contribution >= 4 is 5.97 Å². The van der Waals surface area contributed by atoms with Crippen molar-refractivity contribution in [2.45, 2.75) is 32.9 Å². The molecule has 0 unspecified atom stereocenters. The Bertz CT molecular complexity index is 353. The number of hydrogen-bond donors (Lipinski definition) is 0. The molecular weight excluding hydrogens is 190 g/mol. The van der Waals surface area contributed by atoms with Crippen molar-refractivity contribution in [3.8, 4) is 0 Å². The summed E-state index contributed by atoms with van der Waals surface area (Å²) in [7, 11) is 0. The standard InChI is InChI=1S/C12H16NO2/c1-12(2,3)15-11(14)10-6-4-5-9(7-10)8-13/h4-7,13H,8H2,1-3H3. The minimum atomic E-state index is -0.478. The smallest absolute Gasteiger partial charge is 0.338 e. The molecule has 0 spiro atoms. The van der Waals surface area contributed by atoms with Crippen LogP contribution < -0.4 is 5.73 Å². The largest absolute Gasteiger partial charge is 0.456 e. The second-order valence-corrected chi connectivity index (χ2v) is 4.38. The van der Waals surface area contributed by atoms with Gasteiger partial charge in [0.25, 0.3) is 0 Å². The van der Waals surface area contributed by atoms with E-state index in [0.717, 1.165) is 5.56 Å². The van der Waals surface area contributed by atoms with Crippen LogP contribution in [0.15, 0.2) is 24.3 Å². The van der Waals surface area contributed by atoms with Gasteiger partial charge in [-0.3, -0.25) is 5.73 Å². The van der Waals surface area contributed by atoms with Crippen molar-refractivity contribution in [3.05, 3.63) is 35.4 Å². The number of esters is 1. The fraction of sp³-hybridized carbons (Fsp3) is 0.417. The zero-order chi connectivity index (χ0) is 11.5. The summed E-state index contributed by atoms with van der Waals surface area (Å²) in [6.07, 6.45) is 0. The molecule has 0 aliphatic rings. The molecule has 0 fully saturated rings. The molecule has 0 atom stereocenters. The average molecular weight is 206 g/mol. The Labute approximate surface area is 90.2 Å². The Morgan fingerprint density at radius 2 is 2.07 bits per heavy atom. The normalized spacial score (nSPS) is 11.2. The number of carbonyl (C=O) groups excluding carboxylic acids is 1. The average Bonchev–Trinajstić information content (AvgIpc) is 2.15. The molecule has 0 amide bonds. The van der Waals surface area contributed by atoms with Crippen LogP contribution in [0.1, 0.15) is 36.7 Å². The molecule has 1 aromatic carbocycles. The van der Waals surface area contributed by atoms with Gasteiger partial charge in [-0.25, -0.2) is 4.79 Å². The number of benzene rings is 1. The van der Waals surface area contributed by atoms with Gasteiger partial charge >= 0.3 is 5.97 Å². The highest BCUT2D eigenvalue weighted by Gasteiger charge is 2.17. The molecule has 81 valence electrons. The minimum absolute atomic E-state index is 0.177. The molecule has 15 heavy (non-hydrogen) atoms. The van der Waals surface area contributed by atoms with Crippen LogP contribution in [-0.4, -0.2) is 11.6 Å². The van der Waals surface area contributed by atoms with E-state index in [1.165, 1.54) is 0 Å². The van der Waals surface area contributed by atoms with E-state index in [1.54, 1.807) is 18.2 Å². The first-order chi connectivity index (χ1) is 6.92. The number of hydrogen-bond acceptors (Lipinski definition) is 2. The van der Waals surface area contributed by atoms with Gasteiger partial charge in [0.05, 0.1) is 5.56 Å². The van der Waals surface area contributed by atoms with Crippen LogP contribution in [0, 0.1) is 0 Å². The van der Waals surface area contributed by atoms with Crippen molar-refractivity contribution in [2.75, 3.05) is 0 Å². The summed E-state index contributed by atoms with van der Waals surface area (Å²) in [5, 5.41) is 0. The molecule has 0 heterocycles. The Morgan fingerprint density at radius 3 is 2.60 bits per heavy atom. The summed E-state index contributed by atoms with van der Waals surface area (Å²) < 4.78 is 5.22. The van der Waals surface area contributed by atoms with E-state index >= 15 is 0 Å². The maximum absolute atomic E-state index is 11.6. The highest BCUT2D eigenvalue weighted by molar-refractivity contribution is 5.89. The quantitative estimate of drug-likeness (QED) is 0.698. The molecule has 1 rings (SSSR count). The molecule has 1 aromatic rings. The summed E-state index contributed by atoms with van der Waals surface area (Å²) >= 11 is 0. The zero-order valence-corrected chi connectivity index (χ0v) is 9.33. The predicted molar refractivity (Wildman–Crippen MR) is 58.4 cm³/mol. The summed E-state index contributed by atoms with van der Waals surface area (Å²) in [4.78, 5) is 11.6. The van der Waals surface area contributed by atoms with Gasteiger partial charge < -0.3 is 4.74 Å². The molecule has 0 aliphatic heterocycles. The van der Waals surface area contributed by atoms with Gasteiger partial charge in [-0.1, -0.05) is 12.1 Å². The molecular formula is C12H16NO2. The fourth-order valence-corrected chi connectivity index (χ4v) is 1.15. The van der Waals surface area contributed by atoms with Crippen molar-refractivity contribution in [1.82, 2.24) is 5.73 Å². The van der Waals surface area contributed by atoms with Crippen LogP contribution >= 0.6 is 0 Å². The summed E-state index contributed by atoms with van der Waals surface area (Å²) in [6, 6.07) is 6.98. The molecule has 0 aliphatic carbocycles. The van der Waals surface area contributed by atoms with E-state index in [4.69, 9.17) is 10.5 Å². The van der Waals surface area contributed by atoms with E-state index in [9.17, 15) is 4.79 Å². The lowest BCUT2D eigenvalue weighted by Crippen LogP contribution is -2.23. The van der Waals surface area contributed by atoms with E-state index in [-0.39, 0.29) is 12.5 Å². The van der Waals surface area contributed by atoms with Gasteiger partial charge in [-0.2, -0.15) is 0 Å². The molecule has 3 nitrogen and oxygen atoms in total. The third-order valence-corrected chi connectivity index (χ3v) is 1.77. The van der Waals surface area contributed by atoms with Gasteiger partial charge in [0.1, 0.15) is 5.60 Å². The van der Waals surface area contributed by atoms with Crippen LogP contribution in [-0.2, 0) is 11.3 Å². The van der Waals surface area contributed by atoms with Crippen LogP contribution in [0.4, 0.5) is 0 Å². The molecule has 1 N–H and O–H groups in total. The predicted octanol–water partition coefficient (Wildman–Crippen LogP) is 2.42. The van der Waals surface area contributed by atoms with Crippen LogP contribution in [0.3, 0.4) is 0 Å².